The van der Waals surface area contributed by atoms with E-state index in [1.165, 1.54) is 0 Å². The Kier molecular flexibility index (Phi) is 3.19. The Bertz CT molecular complexity index is 481. The van der Waals surface area contributed by atoms with Gasteiger partial charge in [0.05, 0.1) is 25.3 Å². The lowest BCUT2D eigenvalue weighted by molar-refractivity contribution is 0.356. The van der Waals surface area contributed by atoms with Crippen LogP contribution in [0.1, 0.15) is 18.7 Å². The highest BCUT2D eigenvalue weighted by atomic mass is 16.5. The van der Waals surface area contributed by atoms with Crippen molar-refractivity contribution in [3.05, 3.63) is 18.0 Å². The minimum atomic E-state index is 0.208. The van der Waals surface area contributed by atoms with Gasteiger partial charge in [-0.25, -0.2) is 4.98 Å². The summed E-state index contributed by atoms with van der Waals surface area (Å²) in [4.78, 5) is 7.74. The zero-order valence-electron chi connectivity index (χ0n) is 10.3. The maximum absolute atomic E-state index is 5.63. The second-order valence-electron chi connectivity index (χ2n) is 3.98. The second kappa shape index (κ2) is 4.63. The molecule has 17 heavy (non-hydrogen) atoms. The van der Waals surface area contributed by atoms with Gasteiger partial charge >= 0.3 is 0 Å². The number of hydrogen-bond acceptors (Lipinski definition) is 4. The lowest BCUT2D eigenvalue weighted by Gasteiger charge is -2.06. The average molecular weight is 235 g/mol. The van der Waals surface area contributed by atoms with Crippen molar-refractivity contribution in [3.63, 3.8) is 0 Å². The highest BCUT2D eigenvalue weighted by Crippen LogP contribution is 2.31. The predicted molar refractivity (Wildman–Crippen MR) is 66.7 cm³/mol. The first kappa shape index (κ1) is 11.7. The van der Waals surface area contributed by atoms with E-state index in [4.69, 9.17) is 15.2 Å². The fourth-order valence-electron chi connectivity index (χ4n) is 1.70. The number of aromatic amines is 1. The Labute approximate surface area is 99.9 Å². The van der Waals surface area contributed by atoms with Gasteiger partial charge in [0, 0.05) is 24.6 Å². The van der Waals surface area contributed by atoms with Crippen molar-refractivity contribution in [1.82, 2.24) is 9.97 Å². The third kappa shape index (κ3) is 2.06. The van der Waals surface area contributed by atoms with Gasteiger partial charge in [-0.15, -0.1) is 0 Å². The van der Waals surface area contributed by atoms with Crippen LogP contribution in [0.15, 0.2) is 12.1 Å². The maximum Gasteiger partial charge on any atom is 0.163 e. The van der Waals surface area contributed by atoms with Crippen molar-refractivity contribution in [2.75, 3.05) is 20.8 Å². The molecule has 0 amide bonds. The van der Waals surface area contributed by atoms with Crippen LogP contribution in [0.25, 0.3) is 11.0 Å². The van der Waals surface area contributed by atoms with E-state index in [0.717, 1.165) is 16.9 Å². The van der Waals surface area contributed by atoms with E-state index in [2.05, 4.69) is 9.97 Å². The van der Waals surface area contributed by atoms with Crippen LogP contribution in [-0.4, -0.2) is 30.7 Å². The van der Waals surface area contributed by atoms with Crippen molar-refractivity contribution in [1.29, 1.82) is 0 Å². The molecular weight excluding hydrogens is 218 g/mol. The molecule has 3 N–H and O–H groups in total. The van der Waals surface area contributed by atoms with Gasteiger partial charge in [0.1, 0.15) is 5.82 Å². The first-order valence-corrected chi connectivity index (χ1v) is 5.51. The molecule has 0 fully saturated rings. The summed E-state index contributed by atoms with van der Waals surface area (Å²) in [6.45, 7) is 2.60. The van der Waals surface area contributed by atoms with Crippen LogP contribution in [0.4, 0.5) is 0 Å². The van der Waals surface area contributed by atoms with Crippen LogP contribution >= 0.6 is 0 Å². The van der Waals surface area contributed by atoms with Crippen molar-refractivity contribution in [2.45, 2.75) is 12.8 Å². The third-order valence-corrected chi connectivity index (χ3v) is 2.83. The molecule has 0 aliphatic carbocycles. The van der Waals surface area contributed by atoms with E-state index in [0.29, 0.717) is 18.0 Å². The zero-order chi connectivity index (χ0) is 12.4. The van der Waals surface area contributed by atoms with Gasteiger partial charge in [0.15, 0.2) is 11.5 Å². The first-order valence-electron chi connectivity index (χ1n) is 5.51. The molecule has 5 heteroatoms. The Hall–Kier alpha value is -1.75. The number of rotatable bonds is 4. The minimum Gasteiger partial charge on any atom is -0.493 e. The minimum absolute atomic E-state index is 0.208. The highest BCUT2D eigenvalue weighted by molar-refractivity contribution is 5.79. The Balaban J connectivity index is 2.53. The number of hydrogen-bond donors (Lipinski definition) is 2. The van der Waals surface area contributed by atoms with E-state index in [-0.39, 0.29) is 5.92 Å². The van der Waals surface area contributed by atoms with Gasteiger partial charge < -0.3 is 20.2 Å². The molecule has 0 spiro atoms. The van der Waals surface area contributed by atoms with Crippen molar-refractivity contribution < 1.29 is 9.47 Å². The van der Waals surface area contributed by atoms with E-state index < -0.39 is 0 Å². The molecule has 0 aliphatic rings. The molecule has 0 radical (unpaired) electrons. The van der Waals surface area contributed by atoms with Crippen LogP contribution in [0.3, 0.4) is 0 Å². The SMILES string of the molecule is COc1cc2nc(C(C)CN)[nH]c2cc1OC. The van der Waals surface area contributed by atoms with Crippen LogP contribution in [0.5, 0.6) is 11.5 Å². The Morgan fingerprint density at radius 1 is 1.29 bits per heavy atom. The first-order chi connectivity index (χ1) is 8.19. The Morgan fingerprint density at radius 2 is 1.94 bits per heavy atom. The summed E-state index contributed by atoms with van der Waals surface area (Å²) in [6.07, 6.45) is 0. The van der Waals surface area contributed by atoms with E-state index in [9.17, 15) is 0 Å². The van der Waals surface area contributed by atoms with Crippen LogP contribution in [0, 0.1) is 0 Å². The summed E-state index contributed by atoms with van der Waals surface area (Å²) in [5, 5.41) is 0. The molecule has 0 saturated heterocycles. The van der Waals surface area contributed by atoms with Crippen LogP contribution in [0.2, 0.25) is 0 Å². The predicted octanol–water partition coefficient (Wildman–Crippen LogP) is 1.64. The molecule has 1 aromatic carbocycles. The number of imidazole rings is 1. The zero-order valence-corrected chi connectivity index (χ0v) is 10.3. The largest absolute Gasteiger partial charge is 0.493 e. The van der Waals surface area contributed by atoms with Gasteiger partial charge in [0.25, 0.3) is 0 Å². The number of fused-ring (bicyclic) bond motifs is 1. The maximum atomic E-state index is 5.63. The Morgan fingerprint density at radius 3 is 2.53 bits per heavy atom. The van der Waals surface area contributed by atoms with Crippen molar-refractivity contribution in [2.24, 2.45) is 5.73 Å². The molecule has 2 rings (SSSR count). The number of methoxy groups -OCH3 is 2. The standard InChI is InChI=1S/C12H17N3O2/c1-7(6-13)12-14-8-4-10(16-2)11(17-3)5-9(8)15-12/h4-5,7H,6,13H2,1-3H3,(H,14,15). The average Bonchev–Trinajstić information content (AvgIpc) is 2.78. The number of nitrogens with one attached hydrogen (secondary N) is 1. The topological polar surface area (TPSA) is 73.2 Å². The van der Waals surface area contributed by atoms with Gasteiger partial charge in [-0.05, 0) is 0 Å². The summed E-state index contributed by atoms with van der Waals surface area (Å²) < 4.78 is 10.5. The molecule has 1 aromatic heterocycles. The summed E-state index contributed by atoms with van der Waals surface area (Å²) in [6, 6.07) is 3.74. The van der Waals surface area contributed by atoms with Crippen molar-refractivity contribution >= 4 is 11.0 Å². The van der Waals surface area contributed by atoms with Gasteiger partial charge in [0.2, 0.25) is 0 Å². The summed E-state index contributed by atoms with van der Waals surface area (Å²) in [5.41, 5.74) is 7.42. The monoisotopic (exact) mass is 235 g/mol. The molecule has 0 saturated carbocycles. The third-order valence-electron chi connectivity index (χ3n) is 2.83. The molecule has 2 aromatic rings. The molecule has 1 heterocycles. The van der Waals surface area contributed by atoms with Crippen molar-refractivity contribution in [3.8, 4) is 11.5 Å². The quantitative estimate of drug-likeness (QED) is 0.845. The van der Waals surface area contributed by atoms with E-state index >= 15 is 0 Å². The lowest BCUT2D eigenvalue weighted by atomic mass is 10.2. The molecule has 92 valence electrons. The number of H-pyrrole nitrogens is 1. The van der Waals surface area contributed by atoms with Gasteiger partial charge in [-0.3, -0.25) is 0 Å². The highest BCUT2D eigenvalue weighted by Gasteiger charge is 2.12. The second-order valence-corrected chi connectivity index (χ2v) is 3.98. The fourth-order valence-corrected chi connectivity index (χ4v) is 1.70. The number of nitrogens with two attached hydrogens (primary N) is 1. The number of nitrogens with zero attached hydrogens (tertiary/aromatic N) is 1. The molecule has 1 unspecified atom stereocenters. The number of benzene rings is 1. The van der Waals surface area contributed by atoms with E-state index in [1.807, 2.05) is 19.1 Å². The fraction of sp³-hybridized carbons (Fsp3) is 0.417. The number of aromatic nitrogens is 2. The smallest absolute Gasteiger partial charge is 0.163 e. The normalized spacial score (nSPS) is 12.7. The van der Waals surface area contributed by atoms with Gasteiger partial charge in [-0.2, -0.15) is 0 Å². The lowest BCUT2D eigenvalue weighted by Crippen LogP contribution is -2.10. The van der Waals surface area contributed by atoms with Gasteiger partial charge in [-0.1, -0.05) is 6.92 Å². The summed E-state index contributed by atoms with van der Waals surface area (Å²) in [5.74, 6) is 2.46. The van der Waals surface area contributed by atoms with E-state index in [1.54, 1.807) is 14.2 Å². The summed E-state index contributed by atoms with van der Waals surface area (Å²) >= 11 is 0. The molecular formula is C12H17N3O2. The number of ether oxygens (including phenoxy) is 2. The summed E-state index contributed by atoms with van der Waals surface area (Å²) in [7, 11) is 3.23. The van der Waals surface area contributed by atoms with Crippen LogP contribution < -0.4 is 15.2 Å². The molecule has 5 nitrogen and oxygen atoms in total. The molecule has 0 aliphatic heterocycles. The molecule has 0 bridgehead atoms. The van der Waals surface area contributed by atoms with Crippen LogP contribution in [-0.2, 0) is 0 Å². The molecule has 1 atom stereocenters.